The molecule has 0 aromatic carbocycles. The van der Waals surface area contributed by atoms with Crippen LogP contribution < -0.4 is 10.6 Å². The minimum Gasteiger partial charge on any atom is -0.349 e. The van der Waals surface area contributed by atoms with Crippen LogP contribution in [0.25, 0.3) is 0 Å². The van der Waals surface area contributed by atoms with Crippen molar-refractivity contribution in [3.63, 3.8) is 0 Å². The van der Waals surface area contributed by atoms with Gasteiger partial charge in [-0.2, -0.15) is 0 Å². The van der Waals surface area contributed by atoms with Gasteiger partial charge in [-0.1, -0.05) is 6.07 Å². The molecule has 6 heteroatoms. The topological polar surface area (TPSA) is 54.0 Å². The highest BCUT2D eigenvalue weighted by atomic mass is 35.5. The number of aryl methyl sites for hydroxylation is 1. The van der Waals surface area contributed by atoms with Gasteiger partial charge < -0.3 is 10.6 Å². The number of rotatable bonds is 6. The van der Waals surface area contributed by atoms with Crippen LogP contribution in [0.2, 0.25) is 0 Å². The van der Waals surface area contributed by atoms with Gasteiger partial charge in [0.2, 0.25) is 5.91 Å². The van der Waals surface area contributed by atoms with E-state index in [0.717, 1.165) is 23.7 Å². The minimum atomic E-state index is 0. The molecule has 1 aliphatic carbocycles. The van der Waals surface area contributed by atoms with Gasteiger partial charge in [0.05, 0.1) is 18.8 Å². The van der Waals surface area contributed by atoms with Crippen LogP contribution in [0.4, 0.5) is 0 Å². The van der Waals surface area contributed by atoms with Gasteiger partial charge in [-0.15, -0.1) is 24.8 Å². The molecular formula is C13H21Cl2N3O. The Morgan fingerprint density at radius 2 is 2.16 bits per heavy atom. The minimum absolute atomic E-state index is 0. The molecule has 1 aliphatic rings. The van der Waals surface area contributed by atoms with Crippen molar-refractivity contribution < 1.29 is 4.79 Å². The molecule has 0 saturated heterocycles. The smallest absolute Gasteiger partial charge is 0.234 e. The predicted molar refractivity (Wildman–Crippen MR) is 80.9 cm³/mol. The van der Waals surface area contributed by atoms with Crippen LogP contribution in [0.15, 0.2) is 18.3 Å². The Morgan fingerprint density at radius 1 is 1.42 bits per heavy atom. The maximum Gasteiger partial charge on any atom is 0.234 e. The van der Waals surface area contributed by atoms with Gasteiger partial charge in [0.25, 0.3) is 0 Å². The molecule has 108 valence electrons. The summed E-state index contributed by atoms with van der Waals surface area (Å²) in [6.07, 6.45) is 4.36. The summed E-state index contributed by atoms with van der Waals surface area (Å²) in [5.74, 6) is 0.844. The van der Waals surface area contributed by atoms with Gasteiger partial charge in [-0.05, 0) is 43.9 Å². The first-order valence-corrected chi connectivity index (χ1v) is 6.13. The predicted octanol–water partition coefficient (Wildman–Crippen LogP) is 1.85. The second-order valence-electron chi connectivity index (χ2n) is 4.62. The van der Waals surface area contributed by atoms with E-state index in [1.165, 1.54) is 12.8 Å². The van der Waals surface area contributed by atoms with Crippen molar-refractivity contribution in [1.29, 1.82) is 0 Å². The normalized spacial score (nSPS) is 13.1. The molecule has 0 bridgehead atoms. The molecule has 1 amide bonds. The van der Waals surface area contributed by atoms with Gasteiger partial charge in [-0.3, -0.25) is 9.78 Å². The van der Waals surface area contributed by atoms with Crippen LogP contribution in [0.1, 0.15) is 24.1 Å². The van der Waals surface area contributed by atoms with Crippen molar-refractivity contribution in [3.05, 3.63) is 29.6 Å². The van der Waals surface area contributed by atoms with E-state index in [9.17, 15) is 4.79 Å². The average molecular weight is 306 g/mol. The summed E-state index contributed by atoms with van der Waals surface area (Å²) in [4.78, 5) is 15.8. The second-order valence-corrected chi connectivity index (χ2v) is 4.62. The second kappa shape index (κ2) is 9.13. The Labute approximate surface area is 126 Å². The lowest BCUT2D eigenvalue weighted by Gasteiger charge is -2.07. The van der Waals surface area contributed by atoms with E-state index in [-0.39, 0.29) is 30.7 Å². The highest BCUT2D eigenvalue weighted by Gasteiger charge is 2.20. The molecule has 0 unspecified atom stereocenters. The van der Waals surface area contributed by atoms with E-state index in [1.54, 1.807) is 6.20 Å². The molecule has 1 aromatic heterocycles. The number of pyridine rings is 1. The van der Waals surface area contributed by atoms with Gasteiger partial charge in [-0.25, -0.2) is 0 Å². The third-order valence-electron chi connectivity index (χ3n) is 2.99. The Kier molecular flexibility index (Phi) is 8.72. The molecule has 4 nitrogen and oxygen atoms in total. The molecular weight excluding hydrogens is 285 g/mol. The van der Waals surface area contributed by atoms with Crippen LogP contribution in [-0.2, 0) is 11.3 Å². The number of amides is 1. The SMILES string of the molecule is Cc1cccnc1CNC(=O)CNCC1CC1.Cl.Cl. The Bertz CT molecular complexity index is 397. The lowest BCUT2D eigenvalue weighted by Crippen LogP contribution is -2.34. The van der Waals surface area contributed by atoms with E-state index in [1.807, 2.05) is 19.1 Å². The molecule has 1 aromatic rings. The van der Waals surface area contributed by atoms with Gasteiger partial charge >= 0.3 is 0 Å². The molecule has 0 atom stereocenters. The molecule has 0 radical (unpaired) electrons. The lowest BCUT2D eigenvalue weighted by atomic mass is 10.2. The van der Waals surface area contributed by atoms with Crippen molar-refractivity contribution in [2.75, 3.05) is 13.1 Å². The number of aromatic nitrogens is 1. The maximum atomic E-state index is 11.5. The van der Waals surface area contributed by atoms with Crippen molar-refractivity contribution in [1.82, 2.24) is 15.6 Å². The number of carbonyl (C=O) groups is 1. The first-order chi connectivity index (χ1) is 8.25. The molecule has 0 spiro atoms. The molecule has 2 N–H and O–H groups in total. The van der Waals surface area contributed by atoms with Crippen molar-refractivity contribution in [3.8, 4) is 0 Å². The molecule has 1 heterocycles. The summed E-state index contributed by atoms with van der Waals surface area (Å²) >= 11 is 0. The largest absolute Gasteiger partial charge is 0.349 e. The highest BCUT2D eigenvalue weighted by molar-refractivity contribution is 5.85. The number of halogens is 2. The quantitative estimate of drug-likeness (QED) is 0.843. The summed E-state index contributed by atoms with van der Waals surface area (Å²) in [5, 5.41) is 6.04. The monoisotopic (exact) mass is 305 g/mol. The van der Waals surface area contributed by atoms with Crippen molar-refractivity contribution in [2.45, 2.75) is 26.3 Å². The zero-order chi connectivity index (χ0) is 12.1. The summed E-state index contributed by atoms with van der Waals surface area (Å²) in [5.41, 5.74) is 2.04. The van der Waals surface area contributed by atoms with Gasteiger partial charge in [0.1, 0.15) is 0 Å². The molecule has 1 fully saturated rings. The van der Waals surface area contributed by atoms with E-state index in [0.29, 0.717) is 13.1 Å². The summed E-state index contributed by atoms with van der Waals surface area (Å²) in [6, 6.07) is 3.90. The van der Waals surface area contributed by atoms with E-state index in [2.05, 4.69) is 15.6 Å². The fraction of sp³-hybridized carbons (Fsp3) is 0.538. The van der Waals surface area contributed by atoms with Crippen LogP contribution in [0.3, 0.4) is 0 Å². The molecule has 0 aliphatic heterocycles. The number of nitrogens with one attached hydrogen (secondary N) is 2. The molecule has 19 heavy (non-hydrogen) atoms. The number of hydrogen-bond acceptors (Lipinski definition) is 3. The number of nitrogens with zero attached hydrogens (tertiary/aromatic N) is 1. The number of carbonyl (C=O) groups excluding carboxylic acids is 1. The Balaban J connectivity index is 0.00000162. The van der Waals surface area contributed by atoms with Crippen LogP contribution in [0, 0.1) is 12.8 Å². The zero-order valence-electron chi connectivity index (χ0n) is 11.0. The van der Waals surface area contributed by atoms with Crippen molar-refractivity contribution in [2.24, 2.45) is 5.92 Å². The maximum absolute atomic E-state index is 11.5. The third kappa shape index (κ3) is 6.76. The van der Waals surface area contributed by atoms with Crippen molar-refractivity contribution >= 4 is 30.7 Å². The summed E-state index contributed by atoms with van der Waals surface area (Å²) < 4.78 is 0. The van der Waals surface area contributed by atoms with E-state index in [4.69, 9.17) is 0 Å². The zero-order valence-corrected chi connectivity index (χ0v) is 12.6. The summed E-state index contributed by atoms with van der Waals surface area (Å²) in [7, 11) is 0. The third-order valence-corrected chi connectivity index (χ3v) is 2.99. The molecule has 2 rings (SSSR count). The highest BCUT2D eigenvalue weighted by Crippen LogP contribution is 2.27. The van der Waals surface area contributed by atoms with E-state index >= 15 is 0 Å². The average Bonchev–Trinajstić information content (AvgIpc) is 3.12. The standard InChI is InChI=1S/C13H19N3O.2ClH/c1-10-3-2-6-15-12(10)8-16-13(17)9-14-7-11-4-5-11;;/h2-3,6,11,14H,4-5,7-9H2,1H3,(H,16,17);2*1H. The Hall–Kier alpha value is -0.840. The van der Waals surface area contributed by atoms with Crippen LogP contribution in [0.5, 0.6) is 0 Å². The van der Waals surface area contributed by atoms with Gasteiger partial charge in [0.15, 0.2) is 0 Å². The van der Waals surface area contributed by atoms with Crippen LogP contribution in [-0.4, -0.2) is 24.0 Å². The lowest BCUT2D eigenvalue weighted by molar-refractivity contribution is -0.120. The van der Waals surface area contributed by atoms with Crippen LogP contribution >= 0.6 is 24.8 Å². The molecule has 1 saturated carbocycles. The number of hydrogen-bond donors (Lipinski definition) is 2. The first-order valence-electron chi connectivity index (χ1n) is 6.13. The van der Waals surface area contributed by atoms with Gasteiger partial charge in [0, 0.05) is 6.20 Å². The fourth-order valence-corrected chi connectivity index (χ4v) is 1.66. The Morgan fingerprint density at radius 3 is 2.79 bits per heavy atom. The first kappa shape index (κ1) is 18.2. The van der Waals surface area contributed by atoms with E-state index < -0.39 is 0 Å². The fourth-order valence-electron chi connectivity index (χ4n) is 1.66. The summed E-state index contributed by atoms with van der Waals surface area (Å²) in [6.45, 7) is 3.88.